The molecule has 0 unspecified atom stereocenters. The lowest BCUT2D eigenvalue weighted by atomic mass is 10.1. The highest BCUT2D eigenvalue weighted by atomic mass is 32.2. The van der Waals surface area contributed by atoms with E-state index in [1.165, 1.54) is 18.2 Å². The third kappa shape index (κ3) is 4.67. The largest absolute Gasteiger partial charge is 0.356 e. The van der Waals surface area contributed by atoms with Gasteiger partial charge in [0.1, 0.15) is 11.4 Å². The summed E-state index contributed by atoms with van der Waals surface area (Å²) in [6, 6.07) is 5.91. The predicted octanol–water partition coefficient (Wildman–Crippen LogP) is 3.27. The number of nitro benzene ring substituents is 1. The van der Waals surface area contributed by atoms with Crippen LogP contribution in [0.15, 0.2) is 35.6 Å². The van der Waals surface area contributed by atoms with Gasteiger partial charge in [0.15, 0.2) is 10.8 Å². The summed E-state index contributed by atoms with van der Waals surface area (Å²) in [5.74, 6) is 0.419. The Morgan fingerprint density at radius 2 is 2.00 bits per heavy atom. The maximum absolute atomic E-state index is 12.5. The lowest BCUT2D eigenvalue weighted by Crippen LogP contribution is -2.28. The molecule has 1 fully saturated rings. The minimum Gasteiger partial charge on any atom is -0.356 e. The molecule has 3 aromatic rings. The Balaban J connectivity index is 1.54. The standard InChI is InChI=1S/C21H25N7O3S/c1-14(2)32-21-24-18(26-10-5-6-11-26)16-13-23-27(19(16)25-21)12-9-22-20(29)15-7-3-4-8-17(15)28(30)31/h3-4,7-8,13-14H,5-6,9-12H2,1-2H3,(H,22,29). The molecular weight excluding hydrogens is 430 g/mol. The van der Waals surface area contributed by atoms with Gasteiger partial charge in [0.05, 0.1) is 23.1 Å². The highest BCUT2D eigenvalue weighted by Gasteiger charge is 2.22. The average Bonchev–Trinajstić information content (AvgIpc) is 3.43. The Bertz CT molecular complexity index is 1140. The van der Waals surface area contributed by atoms with E-state index in [0.717, 1.165) is 42.8 Å². The predicted molar refractivity (Wildman–Crippen MR) is 123 cm³/mol. The molecule has 0 radical (unpaired) electrons. The molecule has 1 N–H and O–H groups in total. The molecule has 168 valence electrons. The van der Waals surface area contributed by atoms with Gasteiger partial charge in [-0.15, -0.1) is 0 Å². The van der Waals surface area contributed by atoms with Crippen LogP contribution in [0.1, 0.15) is 37.0 Å². The van der Waals surface area contributed by atoms with Gasteiger partial charge in [-0.3, -0.25) is 14.9 Å². The summed E-state index contributed by atoms with van der Waals surface area (Å²) in [5.41, 5.74) is 0.551. The first-order valence-electron chi connectivity index (χ1n) is 10.6. The molecule has 1 aliphatic rings. The molecule has 1 aromatic carbocycles. The first-order chi connectivity index (χ1) is 15.4. The molecule has 0 aliphatic carbocycles. The Morgan fingerprint density at radius 1 is 1.25 bits per heavy atom. The number of carbonyl (C=O) groups excluding carboxylic acids is 1. The number of carbonyl (C=O) groups is 1. The zero-order valence-corrected chi connectivity index (χ0v) is 18.8. The smallest absolute Gasteiger partial charge is 0.282 e. The highest BCUT2D eigenvalue weighted by molar-refractivity contribution is 7.99. The Hall–Kier alpha value is -3.21. The van der Waals surface area contributed by atoms with Crippen molar-refractivity contribution in [2.75, 3.05) is 24.5 Å². The van der Waals surface area contributed by atoms with Crippen LogP contribution in [0.2, 0.25) is 0 Å². The second kappa shape index (κ2) is 9.51. The lowest BCUT2D eigenvalue weighted by Gasteiger charge is -2.18. The van der Waals surface area contributed by atoms with E-state index >= 15 is 0 Å². The molecular formula is C21H25N7O3S. The molecule has 0 saturated carbocycles. The fraction of sp³-hybridized carbons (Fsp3) is 0.429. The number of thioether (sulfide) groups is 1. The van der Waals surface area contributed by atoms with E-state index in [2.05, 4.69) is 29.2 Å². The number of nitrogens with zero attached hydrogens (tertiary/aromatic N) is 6. The van der Waals surface area contributed by atoms with Gasteiger partial charge in [0.2, 0.25) is 0 Å². The van der Waals surface area contributed by atoms with Crippen molar-refractivity contribution in [3.8, 4) is 0 Å². The molecule has 1 amide bonds. The summed E-state index contributed by atoms with van der Waals surface area (Å²) >= 11 is 1.61. The fourth-order valence-corrected chi connectivity index (χ4v) is 4.41. The minimum absolute atomic E-state index is 0.0390. The monoisotopic (exact) mass is 455 g/mol. The third-order valence-corrected chi connectivity index (χ3v) is 6.02. The molecule has 11 heteroatoms. The van der Waals surface area contributed by atoms with Crippen LogP contribution in [0.4, 0.5) is 11.5 Å². The van der Waals surface area contributed by atoms with Crippen LogP contribution < -0.4 is 10.2 Å². The number of hydrogen-bond acceptors (Lipinski definition) is 8. The molecule has 2 aromatic heterocycles. The number of fused-ring (bicyclic) bond motifs is 1. The normalized spacial score (nSPS) is 13.8. The van der Waals surface area contributed by atoms with E-state index in [-0.39, 0.29) is 17.8 Å². The van der Waals surface area contributed by atoms with Crippen molar-refractivity contribution in [2.45, 2.75) is 43.6 Å². The van der Waals surface area contributed by atoms with E-state index in [9.17, 15) is 14.9 Å². The summed E-state index contributed by atoms with van der Waals surface area (Å²) in [6.45, 7) is 6.78. The Kier molecular flexibility index (Phi) is 6.54. The molecule has 32 heavy (non-hydrogen) atoms. The summed E-state index contributed by atoms with van der Waals surface area (Å²) in [4.78, 5) is 34.9. The summed E-state index contributed by atoms with van der Waals surface area (Å²) < 4.78 is 1.75. The second-order valence-electron chi connectivity index (χ2n) is 7.83. The number of para-hydroxylation sites is 1. The minimum atomic E-state index is -0.555. The number of benzene rings is 1. The molecule has 0 spiro atoms. The Morgan fingerprint density at radius 3 is 2.72 bits per heavy atom. The third-order valence-electron chi connectivity index (χ3n) is 5.16. The van der Waals surface area contributed by atoms with Crippen LogP contribution in [-0.4, -0.2) is 55.5 Å². The summed E-state index contributed by atoms with van der Waals surface area (Å²) in [7, 11) is 0. The van der Waals surface area contributed by atoms with Crippen molar-refractivity contribution in [3.63, 3.8) is 0 Å². The van der Waals surface area contributed by atoms with E-state index < -0.39 is 10.8 Å². The van der Waals surface area contributed by atoms with E-state index in [4.69, 9.17) is 9.97 Å². The van der Waals surface area contributed by atoms with Crippen molar-refractivity contribution >= 4 is 40.2 Å². The number of hydrogen-bond donors (Lipinski definition) is 1. The van der Waals surface area contributed by atoms with Crippen molar-refractivity contribution in [2.24, 2.45) is 0 Å². The number of aromatic nitrogens is 4. The zero-order chi connectivity index (χ0) is 22.7. The van der Waals surface area contributed by atoms with E-state index in [0.29, 0.717) is 17.0 Å². The van der Waals surface area contributed by atoms with Gasteiger partial charge < -0.3 is 10.2 Å². The Labute approximate surface area is 189 Å². The first-order valence-corrected chi connectivity index (χ1v) is 11.5. The zero-order valence-electron chi connectivity index (χ0n) is 18.0. The number of nitrogens with one attached hydrogen (secondary N) is 1. The summed E-state index contributed by atoms with van der Waals surface area (Å²) in [5, 5.41) is 20.4. The molecule has 4 rings (SSSR count). The summed E-state index contributed by atoms with van der Waals surface area (Å²) in [6.07, 6.45) is 4.06. The van der Waals surface area contributed by atoms with Crippen LogP contribution in [0.5, 0.6) is 0 Å². The number of rotatable bonds is 8. The van der Waals surface area contributed by atoms with E-state index in [1.54, 1.807) is 28.7 Å². The molecule has 0 atom stereocenters. The van der Waals surface area contributed by atoms with Crippen molar-refractivity contribution in [1.82, 2.24) is 25.1 Å². The number of amides is 1. The van der Waals surface area contributed by atoms with E-state index in [1.807, 2.05) is 0 Å². The highest BCUT2D eigenvalue weighted by Crippen LogP contribution is 2.30. The van der Waals surface area contributed by atoms with Crippen molar-refractivity contribution in [1.29, 1.82) is 0 Å². The van der Waals surface area contributed by atoms with Crippen molar-refractivity contribution < 1.29 is 9.72 Å². The quantitative estimate of drug-likeness (QED) is 0.238. The van der Waals surface area contributed by atoms with Gasteiger partial charge in [-0.05, 0) is 18.9 Å². The van der Waals surface area contributed by atoms with Gasteiger partial charge in [-0.25, -0.2) is 14.6 Å². The van der Waals surface area contributed by atoms with Crippen LogP contribution in [0.25, 0.3) is 11.0 Å². The second-order valence-corrected chi connectivity index (χ2v) is 9.37. The number of nitro groups is 1. The first kappa shape index (κ1) is 22.0. The maximum atomic E-state index is 12.5. The number of anilines is 1. The molecule has 1 aliphatic heterocycles. The fourth-order valence-electron chi connectivity index (χ4n) is 3.71. The van der Waals surface area contributed by atoms with Gasteiger partial charge in [0.25, 0.3) is 11.6 Å². The SMILES string of the molecule is CC(C)Sc1nc(N2CCCC2)c2cnn(CCNC(=O)c3ccccc3[N+](=O)[O-])c2n1. The topological polar surface area (TPSA) is 119 Å². The lowest BCUT2D eigenvalue weighted by molar-refractivity contribution is -0.385. The molecule has 0 bridgehead atoms. The van der Waals surface area contributed by atoms with Gasteiger partial charge in [0, 0.05) is 31.0 Å². The van der Waals surface area contributed by atoms with Gasteiger partial charge in [-0.1, -0.05) is 37.7 Å². The van der Waals surface area contributed by atoms with Crippen LogP contribution in [0.3, 0.4) is 0 Å². The van der Waals surface area contributed by atoms with Gasteiger partial charge in [-0.2, -0.15) is 5.10 Å². The molecule has 1 saturated heterocycles. The molecule has 10 nitrogen and oxygen atoms in total. The van der Waals surface area contributed by atoms with Crippen molar-refractivity contribution in [3.05, 3.63) is 46.1 Å². The van der Waals surface area contributed by atoms with Gasteiger partial charge >= 0.3 is 0 Å². The average molecular weight is 456 g/mol. The maximum Gasteiger partial charge on any atom is 0.282 e. The van der Waals surface area contributed by atoms with Crippen LogP contribution in [0, 0.1) is 10.1 Å². The van der Waals surface area contributed by atoms with Crippen LogP contribution >= 0.6 is 11.8 Å². The molecule has 3 heterocycles. The van der Waals surface area contributed by atoms with Crippen LogP contribution in [-0.2, 0) is 6.54 Å².